The summed E-state index contributed by atoms with van der Waals surface area (Å²) in [6, 6.07) is 18.6. The zero-order valence-corrected chi connectivity index (χ0v) is 17.4. The van der Waals surface area contributed by atoms with Gasteiger partial charge >= 0.3 is 0 Å². The van der Waals surface area contributed by atoms with E-state index in [9.17, 15) is 9.59 Å². The Morgan fingerprint density at radius 3 is 2.52 bits per heavy atom. The van der Waals surface area contributed by atoms with Crippen molar-refractivity contribution in [3.05, 3.63) is 89.2 Å². The van der Waals surface area contributed by atoms with Gasteiger partial charge in [0.1, 0.15) is 12.0 Å². The molecule has 4 aromatic rings. The predicted molar refractivity (Wildman–Crippen MR) is 119 cm³/mol. The SMILES string of the molecule is Cn1cnnc1SCc1ccc(C(=O)N/N=C2/C(=O)c3cccc4cccc2c34)cc1. The molecule has 152 valence electrons. The Morgan fingerprint density at radius 1 is 1.06 bits per heavy atom. The lowest BCUT2D eigenvalue weighted by Crippen LogP contribution is -2.22. The maximum Gasteiger partial charge on any atom is 0.271 e. The molecule has 5 rings (SSSR count). The van der Waals surface area contributed by atoms with E-state index in [1.54, 1.807) is 36.3 Å². The molecule has 1 heterocycles. The molecule has 7 nitrogen and oxygen atoms in total. The first-order valence-corrected chi connectivity index (χ1v) is 10.6. The molecule has 0 unspecified atom stereocenters. The maximum atomic E-state index is 12.8. The van der Waals surface area contributed by atoms with Crippen LogP contribution in [0.3, 0.4) is 0 Å². The van der Waals surface area contributed by atoms with Crippen LogP contribution in [-0.4, -0.2) is 32.2 Å². The Morgan fingerprint density at radius 2 is 1.81 bits per heavy atom. The molecule has 3 aromatic carbocycles. The largest absolute Gasteiger partial charge is 0.312 e. The molecule has 0 bridgehead atoms. The summed E-state index contributed by atoms with van der Waals surface area (Å²) < 4.78 is 1.86. The third kappa shape index (κ3) is 3.51. The number of hydrazone groups is 1. The summed E-state index contributed by atoms with van der Waals surface area (Å²) in [6.07, 6.45) is 1.66. The lowest BCUT2D eigenvalue weighted by atomic mass is 10.1. The van der Waals surface area contributed by atoms with E-state index in [4.69, 9.17) is 0 Å². The summed E-state index contributed by atoms with van der Waals surface area (Å²) in [5.74, 6) is 0.173. The number of carbonyl (C=O) groups excluding carboxylic acids is 2. The van der Waals surface area contributed by atoms with Gasteiger partial charge in [-0.25, -0.2) is 5.43 Å². The highest BCUT2D eigenvalue weighted by molar-refractivity contribution is 7.98. The molecule has 1 amide bonds. The van der Waals surface area contributed by atoms with Crippen molar-refractivity contribution in [1.29, 1.82) is 0 Å². The average Bonchev–Trinajstić information content (AvgIpc) is 3.33. The number of benzene rings is 3. The highest BCUT2D eigenvalue weighted by Gasteiger charge is 2.28. The Labute approximate surface area is 182 Å². The van der Waals surface area contributed by atoms with Crippen LogP contribution in [0.5, 0.6) is 0 Å². The summed E-state index contributed by atoms with van der Waals surface area (Å²) >= 11 is 1.57. The van der Waals surface area contributed by atoms with Crippen LogP contribution in [0.2, 0.25) is 0 Å². The molecule has 8 heteroatoms. The van der Waals surface area contributed by atoms with Crippen LogP contribution in [0.1, 0.15) is 31.8 Å². The van der Waals surface area contributed by atoms with Crippen molar-refractivity contribution >= 4 is 39.9 Å². The van der Waals surface area contributed by atoms with Crippen molar-refractivity contribution < 1.29 is 9.59 Å². The Bertz CT molecular complexity index is 1350. The third-order valence-corrected chi connectivity index (χ3v) is 6.25. The van der Waals surface area contributed by atoms with E-state index >= 15 is 0 Å². The minimum Gasteiger partial charge on any atom is -0.312 e. The quantitative estimate of drug-likeness (QED) is 0.388. The van der Waals surface area contributed by atoms with Gasteiger partial charge in [0.15, 0.2) is 5.16 Å². The summed E-state index contributed by atoms with van der Waals surface area (Å²) in [5, 5.41) is 14.8. The molecular formula is C23H17N5O2S. The van der Waals surface area contributed by atoms with Gasteiger partial charge in [-0.15, -0.1) is 10.2 Å². The van der Waals surface area contributed by atoms with Crippen molar-refractivity contribution in [1.82, 2.24) is 20.2 Å². The van der Waals surface area contributed by atoms with Gasteiger partial charge in [0.2, 0.25) is 5.78 Å². The second-order valence-corrected chi connectivity index (χ2v) is 8.09. The summed E-state index contributed by atoms with van der Waals surface area (Å²) in [6.45, 7) is 0. The second-order valence-electron chi connectivity index (χ2n) is 7.15. The van der Waals surface area contributed by atoms with Crippen molar-refractivity contribution in [3.63, 3.8) is 0 Å². The summed E-state index contributed by atoms with van der Waals surface area (Å²) in [5.41, 5.74) is 5.68. The van der Waals surface area contributed by atoms with Crippen LogP contribution in [-0.2, 0) is 12.8 Å². The maximum absolute atomic E-state index is 12.8. The summed E-state index contributed by atoms with van der Waals surface area (Å²) in [7, 11) is 1.89. The molecule has 0 radical (unpaired) electrons. The number of thioether (sulfide) groups is 1. The second kappa shape index (κ2) is 7.81. The highest BCUT2D eigenvalue weighted by Crippen LogP contribution is 2.30. The normalized spacial score (nSPS) is 13.8. The van der Waals surface area contributed by atoms with E-state index in [1.165, 1.54) is 0 Å². The Balaban J connectivity index is 1.30. The minimum absolute atomic E-state index is 0.178. The zero-order chi connectivity index (χ0) is 21.4. The molecule has 0 atom stereocenters. The zero-order valence-electron chi connectivity index (χ0n) is 16.6. The van der Waals surface area contributed by atoms with Gasteiger partial charge in [0.05, 0.1) is 0 Å². The predicted octanol–water partition coefficient (Wildman–Crippen LogP) is 3.59. The number of aromatic nitrogens is 3. The first-order chi connectivity index (χ1) is 15.1. The fourth-order valence-corrected chi connectivity index (χ4v) is 4.41. The fourth-order valence-electron chi connectivity index (χ4n) is 3.56. The van der Waals surface area contributed by atoms with Crippen molar-refractivity contribution in [2.75, 3.05) is 0 Å². The Hall–Kier alpha value is -3.78. The minimum atomic E-state index is -0.365. The van der Waals surface area contributed by atoms with Crippen LogP contribution < -0.4 is 5.43 Å². The van der Waals surface area contributed by atoms with E-state index < -0.39 is 0 Å². The first kappa shape index (κ1) is 19.2. The molecule has 0 spiro atoms. The number of nitrogens with zero attached hydrogens (tertiary/aromatic N) is 4. The van der Waals surface area contributed by atoms with Crippen LogP contribution >= 0.6 is 11.8 Å². The number of amides is 1. The first-order valence-electron chi connectivity index (χ1n) is 9.62. The van der Waals surface area contributed by atoms with E-state index in [0.29, 0.717) is 16.9 Å². The number of hydrogen-bond donors (Lipinski definition) is 1. The Kier molecular flexibility index (Phi) is 4.83. The van der Waals surface area contributed by atoms with Gasteiger partial charge in [-0.3, -0.25) is 9.59 Å². The number of aryl methyl sites for hydroxylation is 1. The number of carbonyl (C=O) groups is 2. The van der Waals surface area contributed by atoms with Crippen LogP contribution in [0.25, 0.3) is 10.8 Å². The summed E-state index contributed by atoms with van der Waals surface area (Å²) in [4.78, 5) is 25.3. The standard InChI is InChI=1S/C23H17N5O2S/c1-28-13-24-27-23(28)31-12-14-8-10-16(11-9-14)22(30)26-25-20-17-6-2-4-15-5-3-7-18(19(15)17)21(20)29/h2-11,13H,12H2,1H3,(H,26,30)/b25-20+. The van der Waals surface area contributed by atoms with Gasteiger partial charge in [-0.2, -0.15) is 5.10 Å². The average molecular weight is 427 g/mol. The third-order valence-electron chi connectivity index (χ3n) is 5.14. The number of nitrogens with one attached hydrogen (secondary N) is 1. The molecule has 1 aliphatic rings. The van der Waals surface area contributed by atoms with E-state index in [2.05, 4.69) is 20.7 Å². The van der Waals surface area contributed by atoms with Gasteiger partial charge in [0.25, 0.3) is 5.91 Å². The van der Waals surface area contributed by atoms with Crippen molar-refractivity contribution in [3.8, 4) is 0 Å². The smallest absolute Gasteiger partial charge is 0.271 e. The van der Waals surface area contributed by atoms with E-state index in [1.807, 2.05) is 54.1 Å². The van der Waals surface area contributed by atoms with Crippen LogP contribution in [0, 0.1) is 0 Å². The molecule has 31 heavy (non-hydrogen) atoms. The molecule has 0 fully saturated rings. The molecular weight excluding hydrogens is 410 g/mol. The van der Waals surface area contributed by atoms with Crippen molar-refractivity contribution in [2.45, 2.75) is 10.9 Å². The van der Waals surface area contributed by atoms with Crippen molar-refractivity contribution in [2.24, 2.45) is 12.1 Å². The molecule has 0 saturated heterocycles. The number of ketones is 1. The van der Waals surface area contributed by atoms with Gasteiger partial charge in [-0.05, 0) is 23.1 Å². The van der Waals surface area contributed by atoms with Crippen LogP contribution in [0.4, 0.5) is 0 Å². The lowest BCUT2D eigenvalue weighted by Gasteiger charge is -2.04. The number of rotatable bonds is 5. The fraction of sp³-hybridized carbons (Fsp3) is 0.0870. The molecule has 1 aliphatic carbocycles. The highest BCUT2D eigenvalue weighted by atomic mass is 32.2. The molecule has 0 saturated carbocycles. The van der Waals surface area contributed by atoms with E-state index in [0.717, 1.165) is 27.1 Å². The van der Waals surface area contributed by atoms with Gasteiger partial charge in [-0.1, -0.05) is 60.3 Å². The monoisotopic (exact) mass is 427 g/mol. The number of Topliss-reactive ketones (excluding diaryl/α,β-unsaturated/α-hetero) is 1. The molecule has 1 aromatic heterocycles. The topological polar surface area (TPSA) is 89.2 Å². The lowest BCUT2D eigenvalue weighted by molar-refractivity contribution is 0.0955. The van der Waals surface area contributed by atoms with Gasteiger partial charge in [0, 0.05) is 34.9 Å². The molecule has 0 aliphatic heterocycles. The van der Waals surface area contributed by atoms with Gasteiger partial charge < -0.3 is 4.57 Å². The van der Waals surface area contributed by atoms with E-state index in [-0.39, 0.29) is 17.4 Å². The van der Waals surface area contributed by atoms with Crippen LogP contribution in [0.15, 0.2) is 77.2 Å². The molecule has 1 N–H and O–H groups in total. The number of hydrogen-bond acceptors (Lipinski definition) is 6.